The van der Waals surface area contributed by atoms with Crippen LogP contribution in [0.3, 0.4) is 0 Å². The van der Waals surface area contributed by atoms with Gasteiger partial charge in [-0.2, -0.15) is 0 Å². The zero-order chi connectivity index (χ0) is 15.2. The number of aliphatic hydroxyl groups is 1. The van der Waals surface area contributed by atoms with Crippen molar-refractivity contribution < 1.29 is 24.3 Å². The first-order chi connectivity index (χ1) is 10.1. The molecule has 2 aromatic rings. The normalized spacial score (nSPS) is 11.9. The molecule has 6 heteroatoms. The predicted octanol–water partition coefficient (Wildman–Crippen LogP) is 0.431. The molecule has 0 fully saturated rings. The Labute approximate surface area is 127 Å². The number of para-hydroxylation sites is 1. The highest BCUT2D eigenvalue weighted by molar-refractivity contribution is 6.32. The van der Waals surface area contributed by atoms with Gasteiger partial charge in [-0.15, -0.1) is 0 Å². The van der Waals surface area contributed by atoms with Gasteiger partial charge in [-0.05, 0) is 18.2 Å². The third-order valence-corrected chi connectivity index (χ3v) is 3.10. The van der Waals surface area contributed by atoms with Gasteiger partial charge >= 0.3 is 0 Å². The summed E-state index contributed by atoms with van der Waals surface area (Å²) in [7, 11) is 0. The first kappa shape index (κ1) is 15.3. The molecule has 110 valence electrons. The molecule has 1 unspecified atom stereocenters. The molecule has 0 bridgehead atoms. The van der Waals surface area contributed by atoms with Crippen molar-refractivity contribution >= 4 is 17.6 Å². The van der Waals surface area contributed by atoms with Crippen molar-refractivity contribution in [1.82, 2.24) is 0 Å². The van der Waals surface area contributed by atoms with Gasteiger partial charge in [0.2, 0.25) is 0 Å². The van der Waals surface area contributed by atoms with Crippen LogP contribution in [0.2, 0.25) is 5.02 Å². The van der Waals surface area contributed by atoms with Crippen LogP contribution in [0.25, 0.3) is 0 Å². The smallest absolute Gasteiger partial charge is 0.177 e. The number of carbonyl (C=O) groups is 1. The summed E-state index contributed by atoms with van der Waals surface area (Å²) in [4.78, 5) is 10.8. The van der Waals surface area contributed by atoms with Crippen molar-refractivity contribution in [2.45, 2.75) is 12.6 Å². The number of nitrogens with zero attached hydrogens (tertiary/aromatic N) is 1. The molecule has 0 aliphatic rings. The van der Waals surface area contributed by atoms with E-state index in [0.717, 1.165) is 0 Å². The molecule has 2 rings (SSSR count). The number of aliphatic hydroxyl groups excluding tert-OH is 1. The Kier molecular flexibility index (Phi) is 5.14. The van der Waals surface area contributed by atoms with Crippen LogP contribution in [-0.4, -0.2) is 23.8 Å². The molecule has 0 aliphatic carbocycles. The molecule has 0 radical (unpaired) electrons. The molecule has 21 heavy (non-hydrogen) atoms. The Morgan fingerprint density at radius 3 is 2.81 bits per heavy atom. The van der Waals surface area contributed by atoms with Crippen LogP contribution < -0.4 is 14.4 Å². The van der Waals surface area contributed by atoms with Crippen molar-refractivity contribution in [3.8, 4) is 5.75 Å². The molecular formula is C15H14ClNO4. The SMILES string of the molecule is O=C([O-])c1ccc[n+](CC(O)COc2ccccc2Cl)c1. The summed E-state index contributed by atoms with van der Waals surface area (Å²) in [6.45, 7) is 0.248. The highest BCUT2D eigenvalue weighted by atomic mass is 35.5. The van der Waals surface area contributed by atoms with Gasteiger partial charge in [0, 0.05) is 6.07 Å². The fourth-order valence-corrected chi connectivity index (χ4v) is 1.99. The van der Waals surface area contributed by atoms with E-state index in [1.807, 2.05) is 0 Å². The van der Waals surface area contributed by atoms with Crippen LogP contribution >= 0.6 is 11.6 Å². The second-order valence-electron chi connectivity index (χ2n) is 4.47. The van der Waals surface area contributed by atoms with E-state index < -0.39 is 12.1 Å². The molecule has 0 amide bonds. The third kappa shape index (κ3) is 4.44. The lowest BCUT2D eigenvalue weighted by Gasteiger charge is -2.11. The van der Waals surface area contributed by atoms with E-state index in [1.165, 1.54) is 12.3 Å². The van der Waals surface area contributed by atoms with Gasteiger partial charge in [-0.3, -0.25) is 0 Å². The molecule has 1 atom stereocenters. The topological polar surface area (TPSA) is 73.5 Å². The number of rotatable bonds is 6. The van der Waals surface area contributed by atoms with E-state index in [-0.39, 0.29) is 18.7 Å². The molecule has 1 heterocycles. The lowest BCUT2D eigenvalue weighted by Crippen LogP contribution is -2.42. The third-order valence-electron chi connectivity index (χ3n) is 2.78. The van der Waals surface area contributed by atoms with Crippen LogP contribution in [0, 0.1) is 0 Å². The second-order valence-corrected chi connectivity index (χ2v) is 4.88. The van der Waals surface area contributed by atoms with E-state index >= 15 is 0 Å². The summed E-state index contributed by atoms with van der Waals surface area (Å²) in [5.41, 5.74) is 0.0525. The molecular weight excluding hydrogens is 294 g/mol. The highest BCUT2D eigenvalue weighted by Crippen LogP contribution is 2.23. The Morgan fingerprint density at radius 1 is 1.33 bits per heavy atom. The summed E-state index contributed by atoms with van der Waals surface area (Å²) in [5, 5.41) is 21.2. The van der Waals surface area contributed by atoms with E-state index in [2.05, 4.69) is 0 Å². The Morgan fingerprint density at radius 2 is 2.10 bits per heavy atom. The van der Waals surface area contributed by atoms with Crippen LogP contribution in [0.1, 0.15) is 10.4 Å². The Hall–Kier alpha value is -2.11. The number of hydrogen-bond donors (Lipinski definition) is 1. The molecule has 1 aromatic carbocycles. The average Bonchev–Trinajstić information content (AvgIpc) is 2.46. The van der Waals surface area contributed by atoms with Gasteiger partial charge in [0.1, 0.15) is 18.5 Å². The minimum Gasteiger partial charge on any atom is -0.545 e. The number of benzene rings is 1. The average molecular weight is 308 g/mol. The van der Waals surface area contributed by atoms with E-state index in [4.69, 9.17) is 16.3 Å². The molecule has 1 aromatic heterocycles. The van der Waals surface area contributed by atoms with Crippen molar-refractivity contribution in [3.63, 3.8) is 0 Å². The maximum Gasteiger partial charge on any atom is 0.177 e. The van der Waals surface area contributed by atoms with E-state index in [9.17, 15) is 15.0 Å². The standard InChI is InChI=1S/C15H14ClNO4/c16-13-5-1-2-6-14(13)21-10-12(18)9-17-7-3-4-11(8-17)15(19)20/h1-8,12,18H,9-10H2. The monoisotopic (exact) mass is 307 g/mol. The first-order valence-corrected chi connectivity index (χ1v) is 6.70. The molecule has 0 saturated carbocycles. The van der Waals surface area contributed by atoms with Crippen molar-refractivity contribution in [2.24, 2.45) is 0 Å². The van der Waals surface area contributed by atoms with Gasteiger partial charge in [0.25, 0.3) is 0 Å². The van der Waals surface area contributed by atoms with Crippen molar-refractivity contribution in [3.05, 3.63) is 59.4 Å². The summed E-state index contributed by atoms with van der Waals surface area (Å²) in [6, 6.07) is 9.98. The van der Waals surface area contributed by atoms with Crippen molar-refractivity contribution in [1.29, 1.82) is 0 Å². The molecule has 5 nitrogen and oxygen atoms in total. The van der Waals surface area contributed by atoms with Crippen molar-refractivity contribution in [2.75, 3.05) is 6.61 Å². The highest BCUT2D eigenvalue weighted by Gasteiger charge is 2.13. The van der Waals surface area contributed by atoms with E-state index in [1.54, 1.807) is 41.1 Å². The van der Waals surface area contributed by atoms with E-state index in [0.29, 0.717) is 10.8 Å². The van der Waals surface area contributed by atoms with Crippen LogP contribution in [-0.2, 0) is 6.54 Å². The van der Waals surface area contributed by atoms with Gasteiger partial charge in [0.05, 0.1) is 16.6 Å². The molecule has 0 aliphatic heterocycles. The second kappa shape index (κ2) is 7.06. The number of carboxylic acid groups (broad SMARTS) is 1. The van der Waals surface area contributed by atoms with Crippen LogP contribution in [0.4, 0.5) is 0 Å². The summed E-state index contributed by atoms with van der Waals surface area (Å²) in [5.74, 6) is -0.766. The fraction of sp³-hybridized carbons (Fsp3) is 0.200. The number of carboxylic acids is 1. The lowest BCUT2D eigenvalue weighted by molar-refractivity contribution is -0.703. The Balaban J connectivity index is 1.93. The summed E-state index contributed by atoms with van der Waals surface area (Å²) in [6.07, 6.45) is 2.25. The maximum absolute atomic E-state index is 10.8. The minimum atomic E-state index is -1.26. The zero-order valence-electron chi connectivity index (χ0n) is 11.1. The number of aromatic nitrogens is 1. The number of hydrogen-bond acceptors (Lipinski definition) is 4. The predicted molar refractivity (Wildman–Crippen MR) is 73.9 cm³/mol. The van der Waals surface area contributed by atoms with Crippen LogP contribution in [0.15, 0.2) is 48.8 Å². The minimum absolute atomic E-state index is 0.0479. The van der Waals surface area contributed by atoms with Gasteiger partial charge in [0.15, 0.2) is 18.9 Å². The van der Waals surface area contributed by atoms with Gasteiger partial charge < -0.3 is 19.7 Å². The summed E-state index contributed by atoms with van der Waals surface area (Å²) >= 11 is 5.94. The number of aromatic carboxylic acids is 1. The number of halogens is 1. The largest absolute Gasteiger partial charge is 0.545 e. The Bertz CT molecular complexity index is 633. The summed E-state index contributed by atoms with van der Waals surface area (Å²) < 4.78 is 6.99. The van der Waals surface area contributed by atoms with Gasteiger partial charge in [-0.25, -0.2) is 4.57 Å². The molecule has 0 spiro atoms. The number of ether oxygens (including phenoxy) is 1. The number of carbonyl (C=O) groups excluding carboxylic acids is 1. The van der Waals surface area contributed by atoms with Crippen LogP contribution in [0.5, 0.6) is 5.75 Å². The lowest BCUT2D eigenvalue weighted by atomic mass is 10.3. The number of pyridine rings is 1. The first-order valence-electron chi connectivity index (χ1n) is 6.32. The zero-order valence-corrected chi connectivity index (χ0v) is 11.9. The quantitative estimate of drug-likeness (QED) is 0.786. The van der Waals surface area contributed by atoms with Gasteiger partial charge in [-0.1, -0.05) is 23.7 Å². The molecule has 0 saturated heterocycles. The molecule has 1 N–H and O–H groups in total. The fourth-order valence-electron chi connectivity index (χ4n) is 1.80. The maximum atomic E-state index is 10.8.